The third kappa shape index (κ3) is 3.68. The van der Waals surface area contributed by atoms with Crippen LogP contribution >= 0.6 is 0 Å². The number of rotatable bonds is 5. The molecule has 2 N–H and O–H groups in total. The molecule has 16 heavy (non-hydrogen) atoms. The maximum atomic E-state index is 12.9. The summed E-state index contributed by atoms with van der Waals surface area (Å²) in [6, 6.07) is 5.78. The molecule has 0 aliphatic rings. The molecule has 2 nitrogen and oxygen atoms in total. The van der Waals surface area contributed by atoms with Crippen LogP contribution in [0.25, 0.3) is 0 Å². The fourth-order valence-corrected chi connectivity index (χ4v) is 2.69. The van der Waals surface area contributed by atoms with E-state index >= 15 is 0 Å². The topological polar surface area (TPSA) is 43.1 Å². The Labute approximate surface area is 98.5 Å². The molecule has 3 atom stereocenters. The molecule has 0 saturated heterocycles. The van der Waals surface area contributed by atoms with Crippen LogP contribution in [0.3, 0.4) is 0 Å². The van der Waals surface area contributed by atoms with Gasteiger partial charge in [0.25, 0.3) is 0 Å². The molecular formula is C12H18FNOS. The van der Waals surface area contributed by atoms with Gasteiger partial charge in [-0.05, 0) is 24.1 Å². The van der Waals surface area contributed by atoms with E-state index in [4.69, 9.17) is 5.73 Å². The minimum Gasteiger partial charge on any atom is -0.327 e. The summed E-state index contributed by atoms with van der Waals surface area (Å²) in [5, 5.41) is 0. The molecular weight excluding hydrogens is 225 g/mol. The first-order valence-corrected chi connectivity index (χ1v) is 6.76. The monoisotopic (exact) mass is 243 g/mol. The molecule has 0 aromatic heterocycles. The van der Waals surface area contributed by atoms with E-state index in [1.54, 1.807) is 12.1 Å². The Morgan fingerprint density at radius 1 is 1.50 bits per heavy atom. The first-order chi connectivity index (χ1) is 7.54. The highest BCUT2D eigenvalue weighted by atomic mass is 32.2. The number of halogens is 1. The summed E-state index contributed by atoms with van der Waals surface area (Å²) in [5.74, 6) is 0.360. The van der Waals surface area contributed by atoms with Crippen LogP contribution in [0.15, 0.2) is 29.2 Å². The summed E-state index contributed by atoms with van der Waals surface area (Å²) in [6.45, 7) is 4.09. The van der Waals surface area contributed by atoms with Crippen molar-refractivity contribution in [2.75, 3.05) is 5.75 Å². The van der Waals surface area contributed by atoms with E-state index in [9.17, 15) is 8.60 Å². The lowest BCUT2D eigenvalue weighted by atomic mass is 10.0. The van der Waals surface area contributed by atoms with Crippen molar-refractivity contribution in [2.45, 2.75) is 31.2 Å². The van der Waals surface area contributed by atoms with Crippen LogP contribution in [0, 0.1) is 11.7 Å². The van der Waals surface area contributed by atoms with Crippen molar-refractivity contribution in [2.24, 2.45) is 11.7 Å². The van der Waals surface area contributed by atoms with E-state index < -0.39 is 10.8 Å². The van der Waals surface area contributed by atoms with Crippen LogP contribution < -0.4 is 5.73 Å². The second kappa shape index (κ2) is 6.11. The number of nitrogens with two attached hydrogens (primary N) is 1. The van der Waals surface area contributed by atoms with Gasteiger partial charge in [0, 0.05) is 16.7 Å². The molecule has 1 rings (SSSR count). The minimum atomic E-state index is -1.21. The van der Waals surface area contributed by atoms with E-state index in [-0.39, 0.29) is 11.9 Å². The molecule has 0 spiro atoms. The highest BCUT2D eigenvalue weighted by Gasteiger charge is 2.15. The third-order valence-electron chi connectivity index (χ3n) is 2.78. The smallest absolute Gasteiger partial charge is 0.124 e. The molecule has 1 aromatic carbocycles. The van der Waals surface area contributed by atoms with Crippen molar-refractivity contribution in [1.82, 2.24) is 0 Å². The lowest BCUT2D eigenvalue weighted by Crippen LogP contribution is -2.33. The molecule has 0 heterocycles. The second-order valence-corrected chi connectivity index (χ2v) is 5.51. The highest BCUT2D eigenvalue weighted by molar-refractivity contribution is 7.85. The van der Waals surface area contributed by atoms with Crippen molar-refractivity contribution in [3.63, 3.8) is 0 Å². The zero-order chi connectivity index (χ0) is 12.1. The van der Waals surface area contributed by atoms with E-state index in [1.165, 1.54) is 12.1 Å². The largest absolute Gasteiger partial charge is 0.327 e. The molecule has 0 aliphatic carbocycles. The summed E-state index contributed by atoms with van der Waals surface area (Å²) in [7, 11) is -1.21. The van der Waals surface area contributed by atoms with Crippen LogP contribution in [0.2, 0.25) is 0 Å². The standard InChI is InChI=1S/C12H18FNOS/c1-3-9(2)12(14)8-16(15)11-6-4-5-10(13)7-11/h4-7,9,12H,3,8,14H2,1-2H3. The number of hydrogen-bond donors (Lipinski definition) is 1. The molecule has 1 aromatic rings. The molecule has 0 fully saturated rings. The van der Waals surface area contributed by atoms with Gasteiger partial charge in [-0.2, -0.15) is 0 Å². The predicted octanol–water partition coefficient (Wildman–Crippen LogP) is 2.31. The van der Waals surface area contributed by atoms with Crippen LogP contribution in [0.1, 0.15) is 20.3 Å². The quantitative estimate of drug-likeness (QED) is 0.862. The van der Waals surface area contributed by atoms with E-state index in [1.807, 2.05) is 6.92 Å². The summed E-state index contributed by atoms with van der Waals surface area (Å²) >= 11 is 0. The summed E-state index contributed by atoms with van der Waals surface area (Å²) < 4.78 is 24.8. The molecule has 0 radical (unpaired) electrons. The van der Waals surface area contributed by atoms with Gasteiger partial charge >= 0.3 is 0 Å². The van der Waals surface area contributed by atoms with Crippen molar-refractivity contribution in [3.05, 3.63) is 30.1 Å². The molecule has 0 aliphatic heterocycles. The Morgan fingerprint density at radius 2 is 2.19 bits per heavy atom. The molecule has 4 heteroatoms. The average molecular weight is 243 g/mol. The van der Waals surface area contributed by atoms with Crippen molar-refractivity contribution < 1.29 is 8.60 Å². The second-order valence-electron chi connectivity index (χ2n) is 4.02. The summed E-state index contributed by atoms with van der Waals surface area (Å²) in [4.78, 5) is 0.513. The van der Waals surface area contributed by atoms with E-state index in [2.05, 4.69) is 6.92 Å². The first-order valence-electron chi connectivity index (χ1n) is 5.44. The van der Waals surface area contributed by atoms with Crippen molar-refractivity contribution in [1.29, 1.82) is 0 Å². The van der Waals surface area contributed by atoms with Crippen LogP contribution in [0.5, 0.6) is 0 Å². The zero-order valence-corrected chi connectivity index (χ0v) is 10.5. The molecule has 0 saturated carbocycles. The summed E-state index contributed by atoms with van der Waals surface area (Å²) in [5.41, 5.74) is 5.92. The van der Waals surface area contributed by atoms with Crippen molar-refractivity contribution >= 4 is 10.8 Å². The molecule has 0 bridgehead atoms. The molecule has 90 valence electrons. The predicted molar refractivity (Wildman–Crippen MR) is 65.1 cm³/mol. The van der Waals surface area contributed by atoms with Crippen molar-refractivity contribution in [3.8, 4) is 0 Å². The van der Waals surface area contributed by atoms with Gasteiger partial charge in [0.05, 0.1) is 10.8 Å². The normalized spacial score (nSPS) is 16.8. The van der Waals surface area contributed by atoms with Gasteiger partial charge < -0.3 is 5.73 Å². The Morgan fingerprint density at radius 3 is 2.75 bits per heavy atom. The van der Waals surface area contributed by atoms with Gasteiger partial charge in [0.1, 0.15) is 5.82 Å². The fourth-order valence-electron chi connectivity index (χ4n) is 1.35. The van der Waals surface area contributed by atoms with Gasteiger partial charge in [0.2, 0.25) is 0 Å². The Kier molecular flexibility index (Phi) is 5.09. The molecule has 3 unspecified atom stereocenters. The lowest BCUT2D eigenvalue weighted by molar-refractivity contribution is 0.472. The van der Waals surface area contributed by atoms with Gasteiger partial charge in [-0.25, -0.2) is 4.39 Å². The lowest BCUT2D eigenvalue weighted by Gasteiger charge is -2.17. The fraction of sp³-hybridized carbons (Fsp3) is 0.500. The molecule has 0 amide bonds. The maximum absolute atomic E-state index is 12.9. The highest BCUT2D eigenvalue weighted by Crippen LogP contribution is 2.13. The Balaban J connectivity index is 2.66. The van der Waals surface area contributed by atoms with Gasteiger partial charge in [0.15, 0.2) is 0 Å². The van der Waals surface area contributed by atoms with Crippen LogP contribution in [-0.4, -0.2) is 16.0 Å². The maximum Gasteiger partial charge on any atom is 0.124 e. The number of hydrogen-bond acceptors (Lipinski definition) is 2. The minimum absolute atomic E-state index is 0.103. The average Bonchev–Trinajstić information content (AvgIpc) is 2.27. The Hall–Kier alpha value is -0.740. The first kappa shape index (κ1) is 13.3. The third-order valence-corrected chi connectivity index (χ3v) is 4.25. The zero-order valence-electron chi connectivity index (χ0n) is 9.65. The van der Waals surface area contributed by atoms with Gasteiger partial charge in [-0.15, -0.1) is 0 Å². The van der Waals surface area contributed by atoms with E-state index in [0.717, 1.165) is 6.42 Å². The van der Waals surface area contributed by atoms with Crippen LogP contribution in [-0.2, 0) is 10.8 Å². The van der Waals surface area contributed by atoms with E-state index in [0.29, 0.717) is 16.6 Å². The van der Waals surface area contributed by atoms with Gasteiger partial charge in [-0.1, -0.05) is 26.3 Å². The van der Waals surface area contributed by atoms with Crippen LogP contribution in [0.4, 0.5) is 4.39 Å². The SMILES string of the molecule is CCC(C)C(N)CS(=O)c1cccc(F)c1. The summed E-state index contributed by atoms with van der Waals surface area (Å²) in [6.07, 6.45) is 0.960. The van der Waals surface area contributed by atoms with Gasteiger partial charge in [-0.3, -0.25) is 4.21 Å². The number of benzene rings is 1. The Bertz CT molecular complexity index is 370.